The van der Waals surface area contributed by atoms with Gasteiger partial charge in [-0.15, -0.1) is 0 Å². The summed E-state index contributed by atoms with van der Waals surface area (Å²) in [5, 5.41) is 0.848. The fourth-order valence-corrected chi connectivity index (χ4v) is 7.02. The smallest absolute Gasteiger partial charge is 0.257 e. The minimum absolute atomic E-state index is 0.00751. The highest BCUT2D eigenvalue weighted by atomic mass is 35.5. The monoisotopic (exact) mass is 628 g/mol. The Balaban J connectivity index is 1.42. The van der Waals surface area contributed by atoms with Crippen LogP contribution in [0.3, 0.4) is 0 Å². The van der Waals surface area contributed by atoms with Crippen LogP contribution in [0.2, 0.25) is 10.0 Å². The predicted octanol–water partition coefficient (Wildman–Crippen LogP) is 4.63. The molecular formula is C32H38Cl2N4O5. The molecule has 2 fully saturated rings. The third kappa shape index (κ3) is 6.20. The van der Waals surface area contributed by atoms with Gasteiger partial charge in [-0.2, -0.15) is 0 Å². The fourth-order valence-electron chi connectivity index (χ4n) is 6.72. The SMILES string of the molecule is COc1cc2c(cc1C(=O)N(C)C1CCN(C(=O)C3CCN(C(C)=O)CC3)CC1c1ccc(Cl)c(Cl)c1)N(C)C(=O)CC2. The summed E-state index contributed by atoms with van der Waals surface area (Å²) in [4.78, 5) is 59.0. The van der Waals surface area contributed by atoms with Gasteiger partial charge < -0.3 is 24.3 Å². The highest BCUT2D eigenvalue weighted by Gasteiger charge is 2.40. The van der Waals surface area contributed by atoms with Gasteiger partial charge in [0.1, 0.15) is 5.75 Å². The molecule has 2 aromatic carbocycles. The van der Waals surface area contributed by atoms with E-state index in [4.69, 9.17) is 27.9 Å². The zero-order valence-corrected chi connectivity index (χ0v) is 26.6. The van der Waals surface area contributed by atoms with E-state index in [2.05, 4.69) is 0 Å². The number of carbonyl (C=O) groups is 4. The molecule has 0 bridgehead atoms. The standard InChI is InChI=1S/C32H38Cl2N4O5/c1-19(39)37-12-9-20(10-13-37)31(41)38-14-11-27(24(18-38)21-5-7-25(33)26(34)15-21)36(3)32(42)23-17-28-22(16-29(23)43-4)6-8-30(40)35(28)2/h5,7,15-17,20,24,27H,6,8-14,18H2,1-4H3. The zero-order chi connectivity index (χ0) is 31.0. The molecule has 3 aliphatic rings. The fraction of sp³-hybridized carbons (Fsp3) is 0.500. The first-order valence-electron chi connectivity index (χ1n) is 14.7. The number of piperidine rings is 2. The maximum Gasteiger partial charge on any atom is 0.257 e. The molecule has 0 radical (unpaired) electrons. The summed E-state index contributed by atoms with van der Waals surface area (Å²) in [6.45, 7) is 3.65. The van der Waals surface area contributed by atoms with Gasteiger partial charge in [0.15, 0.2) is 0 Å². The Morgan fingerprint density at radius 2 is 1.65 bits per heavy atom. The molecule has 0 N–H and O–H groups in total. The lowest BCUT2D eigenvalue weighted by Crippen LogP contribution is -2.53. The van der Waals surface area contributed by atoms with Crippen molar-refractivity contribution in [1.82, 2.24) is 14.7 Å². The first kappa shape index (κ1) is 31.1. The van der Waals surface area contributed by atoms with E-state index in [0.717, 1.165) is 11.1 Å². The molecule has 0 spiro atoms. The molecule has 2 aromatic rings. The van der Waals surface area contributed by atoms with Crippen molar-refractivity contribution in [1.29, 1.82) is 0 Å². The van der Waals surface area contributed by atoms with Crippen LogP contribution in [0.15, 0.2) is 30.3 Å². The molecule has 2 atom stereocenters. The first-order valence-corrected chi connectivity index (χ1v) is 15.5. The van der Waals surface area contributed by atoms with Crippen molar-refractivity contribution in [2.75, 3.05) is 52.3 Å². The van der Waals surface area contributed by atoms with Crippen LogP contribution in [-0.4, -0.2) is 91.8 Å². The number of hydrogen-bond acceptors (Lipinski definition) is 5. The molecule has 2 unspecified atom stereocenters. The molecule has 3 heterocycles. The van der Waals surface area contributed by atoms with E-state index < -0.39 is 0 Å². The second kappa shape index (κ2) is 12.7. The maximum atomic E-state index is 14.1. The quantitative estimate of drug-likeness (QED) is 0.482. The average Bonchev–Trinajstić information content (AvgIpc) is 3.02. The van der Waals surface area contributed by atoms with Gasteiger partial charge in [0, 0.05) is 77.2 Å². The van der Waals surface area contributed by atoms with Gasteiger partial charge in [-0.25, -0.2) is 0 Å². The molecule has 0 aliphatic carbocycles. The Kier molecular flexibility index (Phi) is 9.23. The second-order valence-corrected chi connectivity index (χ2v) is 12.6. The summed E-state index contributed by atoms with van der Waals surface area (Å²) in [7, 11) is 5.04. The molecule has 230 valence electrons. The summed E-state index contributed by atoms with van der Waals surface area (Å²) in [5.74, 6) is 0.0178. The third-order valence-corrected chi connectivity index (χ3v) is 10.1. The van der Waals surface area contributed by atoms with Crippen molar-refractivity contribution < 1.29 is 23.9 Å². The molecule has 0 saturated carbocycles. The Hall–Kier alpha value is -3.30. The molecule has 11 heteroatoms. The number of hydrogen-bond donors (Lipinski definition) is 0. The van der Waals surface area contributed by atoms with Crippen LogP contribution in [0.5, 0.6) is 5.75 Å². The topological polar surface area (TPSA) is 90.5 Å². The zero-order valence-electron chi connectivity index (χ0n) is 25.1. The third-order valence-electron chi connectivity index (χ3n) is 9.34. The van der Waals surface area contributed by atoms with E-state index in [9.17, 15) is 19.2 Å². The lowest BCUT2D eigenvalue weighted by molar-refractivity contribution is -0.141. The van der Waals surface area contributed by atoms with Gasteiger partial charge in [0.2, 0.25) is 17.7 Å². The minimum atomic E-state index is -0.242. The van der Waals surface area contributed by atoms with Crippen molar-refractivity contribution >= 4 is 52.5 Å². The Bertz CT molecular complexity index is 1440. The number of fused-ring (bicyclic) bond motifs is 1. The summed E-state index contributed by atoms with van der Waals surface area (Å²) < 4.78 is 5.65. The van der Waals surface area contributed by atoms with E-state index in [0.29, 0.717) is 85.3 Å². The highest BCUT2D eigenvalue weighted by Crippen LogP contribution is 2.38. The Labute approximate surface area is 262 Å². The van der Waals surface area contributed by atoms with Crippen LogP contribution >= 0.6 is 23.2 Å². The summed E-state index contributed by atoms with van der Waals surface area (Å²) >= 11 is 12.7. The Morgan fingerprint density at radius 3 is 2.30 bits per heavy atom. The number of benzene rings is 2. The number of likely N-dealkylation sites (N-methyl/N-ethyl adjacent to an activating group) is 1. The molecule has 3 aliphatic heterocycles. The predicted molar refractivity (Wildman–Crippen MR) is 166 cm³/mol. The number of ether oxygens (including phenoxy) is 1. The maximum absolute atomic E-state index is 14.1. The second-order valence-electron chi connectivity index (χ2n) is 11.8. The van der Waals surface area contributed by atoms with Crippen LogP contribution < -0.4 is 9.64 Å². The number of amides is 4. The van der Waals surface area contributed by atoms with Gasteiger partial charge in [-0.1, -0.05) is 29.3 Å². The number of nitrogens with zero attached hydrogens (tertiary/aromatic N) is 4. The molecular weight excluding hydrogens is 591 g/mol. The van der Waals surface area contributed by atoms with Gasteiger partial charge in [0.25, 0.3) is 5.91 Å². The highest BCUT2D eigenvalue weighted by molar-refractivity contribution is 6.42. The van der Waals surface area contributed by atoms with E-state index in [1.807, 2.05) is 23.1 Å². The number of aryl methyl sites for hydroxylation is 1. The molecule has 4 amide bonds. The number of methoxy groups -OCH3 is 1. The molecule has 9 nitrogen and oxygen atoms in total. The van der Waals surface area contributed by atoms with Gasteiger partial charge >= 0.3 is 0 Å². The van der Waals surface area contributed by atoms with E-state index in [1.54, 1.807) is 55.0 Å². The van der Waals surface area contributed by atoms with E-state index in [1.165, 1.54) is 0 Å². The van der Waals surface area contributed by atoms with Crippen molar-refractivity contribution in [3.05, 3.63) is 57.1 Å². The molecule has 0 aromatic heterocycles. The number of anilines is 1. The average molecular weight is 630 g/mol. The number of carbonyl (C=O) groups excluding carboxylic acids is 4. The van der Waals surface area contributed by atoms with Crippen LogP contribution in [0.4, 0.5) is 5.69 Å². The van der Waals surface area contributed by atoms with Gasteiger partial charge in [0.05, 0.1) is 22.7 Å². The normalized spacial score (nSPS) is 21.0. The van der Waals surface area contributed by atoms with Crippen molar-refractivity contribution in [2.45, 2.75) is 51.0 Å². The first-order chi connectivity index (χ1) is 20.5. The van der Waals surface area contributed by atoms with Crippen LogP contribution in [0.1, 0.15) is 60.0 Å². The Morgan fingerprint density at radius 1 is 0.953 bits per heavy atom. The minimum Gasteiger partial charge on any atom is -0.496 e. The van der Waals surface area contributed by atoms with Crippen LogP contribution in [-0.2, 0) is 20.8 Å². The lowest BCUT2D eigenvalue weighted by Gasteiger charge is -2.44. The van der Waals surface area contributed by atoms with Crippen LogP contribution in [0.25, 0.3) is 0 Å². The van der Waals surface area contributed by atoms with Crippen molar-refractivity contribution in [3.8, 4) is 5.75 Å². The summed E-state index contributed by atoms with van der Waals surface area (Å²) in [6, 6.07) is 8.84. The summed E-state index contributed by atoms with van der Waals surface area (Å²) in [5.41, 5.74) is 2.96. The largest absolute Gasteiger partial charge is 0.496 e. The van der Waals surface area contributed by atoms with Crippen molar-refractivity contribution in [3.63, 3.8) is 0 Å². The summed E-state index contributed by atoms with van der Waals surface area (Å²) in [6.07, 6.45) is 2.86. The van der Waals surface area contributed by atoms with Crippen molar-refractivity contribution in [2.24, 2.45) is 5.92 Å². The molecule has 2 saturated heterocycles. The molecule has 43 heavy (non-hydrogen) atoms. The van der Waals surface area contributed by atoms with E-state index >= 15 is 0 Å². The lowest BCUT2D eigenvalue weighted by atomic mass is 9.83. The number of rotatable bonds is 5. The number of halogens is 2. The number of likely N-dealkylation sites (tertiary alicyclic amines) is 2. The van der Waals surface area contributed by atoms with Gasteiger partial charge in [-0.05, 0) is 61.1 Å². The van der Waals surface area contributed by atoms with E-state index in [-0.39, 0.29) is 41.5 Å². The molecule has 5 rings (SSSR count). The van der Waals surface area contributed by atoms with Gasteiger partial charge in [-0.3, -0.25) is 19.2 Å². The van der Waals surface area contributed by atoms with Crippen LogP contribution in [0, 0.1) is 5.92 Å².